The van der Waals surface area contributed by atoms with Crippen molar-refractivity contribution in [3.05, 3.63) is 54.0 Å². The van der Waals surface area contributed by atoms with Gasteiger partial charge in [0.15, 0.2) is 0 Å². The Morgan fingerprint density at radius 1 is 1.21 bits per heavy atom. The highest BCUT2D eigenvalue weighted by Gasteiger charge is 2.08. The van der Waals surface area contributed by atoms with Gasteiger partial charge in [-0.25, -0.2) is 4.98 Å². The molecule has 0 fully saturated rings. The number of nitrogens with one attached hydrogen (secondary N) is 1. The Balaban J connectivity index is 2.12. The number of aromatic nitrogens is 2. The summed E-state index contributed by atoms with van der Waals surface area (Å²) in [6.07, 6.45) is 5.52. The largest absolute Gasteiger partial charge is 0.355 e. The van der Waals surface area contributed by atoms with Crippen molar-refractivity contribution in [1.82, 2.24) is 15.3 Å². The van der Waals surface area contributed by atoms with Crippen molar-refractivity contribution >= 4 is 5.82 Å². The van der Waals surface area contributed by atoms with Crippen LogP contribution in [0.5, 0.6) is 0 Å². The fraction of sp³-hybridized carbons (Fsp3) is 0.333. The molecule has 4 nitrogen and oxygen atoms in total. The molecule has 0 radical (unpaired) electrons. The van der Waals surface area contributed by atoms with Gasteiger partial charge in [0, 0.05) is 44.3 Å². The monoisotopic (exact) mass is 256 g/mol. The van der Waals surface area contributed by atoms with E-state index in [1.54, 1.807) is 6.20 Å². The predicted octanol–water partition coefficient (Wildman–Crippen LogP) is 2.22. The second-order valence-electron chi connectivity index (χ2n) is 4.48. The Hall–Kier alpha value is -1.94. The quantitative estimate of drug-likeness (QED) is 0.860. The first-order valence-electron chi connectivity index (χ1n) is 6.56. The molecule has 2 heterocycles. The molecule has 0 spiro atoms. The average Bonchev–Trinajstić information content (AvgIpc) is 2.46. The lowest BCUT2D eigenvalue weighted by atomic mass is 10.2. The van der Waals surface area contributed by atoms with Crippen LogP contribution in [0.25, 0.3) is 0 Å². The molecule has 0 amide bonds. The molecule has 0 aliphatic rings. The summed E-state index contributed by atoms with van der Waals surface area (Å²) in [5.74, 6) is 1.02. The third-order valence-corrected chi connectivity index (χ3v) is 2.94. The highest BCUT2D eigenvalue weighted by atomic mass is 15.2. The van der Waals surface area contributed by atoms with Gasteiger partial charge >= 0.3 is 0 Å². The van der Waals surface area contributed by atoms with Crippen LogP contribution in [0.4, 0.5) is 5.82 Å². The molecule has 0 atom stereocenters. The Morgan fingerprint density at radius 2 is 2.05 bits per heavy atom. The van der Waals surface area contributed by atoms with Crippen molar-refractivity contribution in [3.8, 4) is 0 Å². The molecular formula is C15H20N4. The average molecular weight is 256 g/mol. The molecule has 0 saturated carbocycles. The van der Waals surface area contributed by atoms with Gasteiger partial charge in [0.1, 0.15) is 5.82 Å². The van der Waals surface area contributed by atoms with Crippen LogP contribution in [0.3, 0.4) is 0 Å². The molecule has 0 saturated heterocycles. The zero-order chi connectivity index (χ0) is 13.5. The van der Waals surface area contributed by atoms with Gasteiger partial charge in [-0.2, -0.15) is 0 Å². The van der Waals surface area contributed by atoms with E-state index in [-0.39, 0.29) is 0 Å². The van der Waals surface area contributed by atoms with E-state index in [4.69, 9.17) is 0 Å². The van der Waals surface area contributed by atoms with E-state index in [2.05, 4.69) is 46.3 Å². The normalized spacial score (nSPS) is 10.4. The van der Waals surface area contributed by atoms with Gasteiger partial charge < -0.3 is 10.2 Å². The maximum Gasteiger partial charge on any atom is 0.133 e. The maximum atomic E-state index is 4.49. The molecule has 0 aromatic carbocycles. The second-order valence-corrected chi connectivity index (χ2v) is 4.48. The van der Waals surface area contributed by atoms with E-state index in [0.717, 1.165) is 25.5 Å². The minimum atomic E-state index is 0.810. The van der Waals surface area contributed by atoms with Gasteiger partial charge in [0.25, 0.3) is 0 Å². The van der Waals surface area contributed by atoms with Crippen LogP contribution in [0.1, 0.15) is 18.1 Å². The minimum absolute atomic E-state index is 0.810. The summed E-state index contributed by atoms with van der Waals surface area (Å²) < 4.78 is 0. The molecule has 0 bridgehead atoms. The van der Waals surface area contributed by atoms with Gasteiger partial charge in [0.2, 0.25) is 0 Å². The molecular weight excluding hydrogens is 236 g/mol. The Bertz CT molecular complexity index is 499. The lowest BCUT2D eigenvalue weighted by Crippen LogP contribution is -2.21. The second kappa shape index (κ2) is 6.85. The van der Waals surface area contributed by atoms with E-state index in [0.29, 0.717) is 0 Å². The van der Waals surface area contributed by atoms with E-state index in [9.17, 15) is 0 Å². The number of anilines is 1. The third-order valence-electron chi connectivity index (χ3n) is 2.94. The molecule has 2 rings (SSSR count). The lowest BCUT2D eigenvalue weighted by molar-refractivity contribution is 0.719. The van der Waals surface area contributed by atoms with Crippen LogP contribution >= 0.6 is 0 Å². The highest BCUT2D eigenvalue weighted by molar-refractivity contribution is 5.46. The summed E-state index contributed by atoms with van der Waals surface area (Å²) in [4.78, 5) is 10.8. The van der Waals surface area contributed by atoms with Crippen LogP contribution in [-0.4, -0.2) is 23.6 Å². The first-order chi connectivity index (χ1) is 9.31. The first-order valence-corrected chi connectivity index (χ1v) is 6.56. The number of nitrogens with zero attached hydrogens (tertiary/aromatic N) is 3. The Morgan fingerprint density at radius 3 is 2.79 bits per heavy atom. The van der Waals surface area contributed by atoms with E-state index in [1.165, 1.54) is 11.1 Å². The van der Waals surface area contributed by atoms with Crippen molar-refractivity contribution in [2.45, 2.75) is 20.0 Å². The molecule has 19 heavy (non-hydrogen) atoms. The van der Waals surface area contributed by atoms with Crippen molar-refractivity contribution in [3.63, 3.8) is 0 Å². The van der Waals surface area contributed by atoms with Crippen LogP contribution < -0.4 is 10.2 Å². The van der Waals surface area contributed by atoms with Gasteiger partial charge in [-0.15, -0.1) is 0 Å². The Kier molecular flexibility index (Phi) is 4.86. The van der Waals surface area contributed by atoms with Gasteiger partial charge in [-0.05, 0) is 24.2 Å². The summed E-state index contributed by atoms with van der Waals surface area (Å²) >= 11 is 0. The lowest BCUT2D eigenvalue weighted by Gasteiger charge is -2.21. The fourth-order valence-electron chi connectivity index (χ4n) is 2.01. The standard InChI is InChI=1S/C15H20N4/c1-3-16-11-14-7-5-9-18-15(14)19(2)12-13-6-4-8-17-10-13/h4-10,16H,3,11-12H2,1-2H3. The number of hydrogen-bond acceptors (Lipinski definition) is 4. The summed E-state index contributed by atoms with van der Waals surface area (Å²) in [6, 6.07) is 8.14. The van der Waals surface area contributed by atoms with Gasteiger partial charge in [0.05, 0.1) is 0 Å². The van der Waals surface area contributed by atoms with Crippen molar-refractivity contribution in [2.24, 2.45) is 0 Å². The van der Waals surface area contributed by atoms with Gasteiger partial charge in [-0.3, -0.25) is 4.98 Å². The van der Waals surface area contributed by atoms with Crippen LogP contribution in [0, 0.1) is 0 Å². The first kappa shape index (κ1) is 13.5. The van der Waals surface area contributed by atoms with E-state index >= 15 is 0 Å². The molecule has 0 unspecified atom stereocenters. The predicted molar refractivity (Wildman–Crippen MR) is 78.0 cm³/mol. The molecule has 0 aliphatic heterocycles. The highest BCUT2D eigenvalue weighted by Crippen LogP contribution is 2.17. The fourth-order valence-corrected chi connectivity index (χ4v) is 2.01. The molecule has 2 aromatic rings. The van der Waals surface area contributed by atoms with Crippen LogP contribution in [0.2, 0.25) is 0 Å². The topological polar surface area (TPSA) is 41.1 Å². The van der Waals surface area contributed by atoms with Crippen molar-refractivity contribution in [2.75, 3.05) is 18.5 Å². The SMILES string of the molecule is CCNCc1cccnc1N(C)Cc1cccnc1. The molecule has 100 valence electrons. The van der Waals surface area contributed by atoms with E-state index in [1.807, 2.05) is 24.5 Å². The number of hydrogen-bond donors (Lipinski definition) is 1. The van der Waals surface area contributed by atoms with Crippen LogP contribution in [0.15, 0.2) is 42.9 Å². The smallest absolute Gasteiger partial charge is 0.133 e. The molecule has 2 aromatic heterocycles. The zero-order valence-electron chi connectivity index (χ0n) is 11.5. The third kappa shape index (κ3) is 3.76. The molecule has 0 aliphatic carbocycles. The summed E-state index contributed by atoms with van der Waals surface area (Å²) in [7, 11) is 2.06. The minimum Gasteiger partial charge on any atom is -0.355 e. The van der Waals surface area contributed by atoms with Crippen molar-refractivity contribution in [1.29, 1.82) is 0 Å². The summed E-state index contributed by atoms with van der Waals surface area (Å²) in [5.41, 5.74) is 2.40. The van der Waals surface area contributed by atoms with Gasteiger partial charge in [-0.1, -0.05) is 19.1 Å². The summed E-state index contributed by atoms with van der Waals surface area (Å²) in [5, 5.41) is 3.34. The number of pyridine rings is 2. The summed E-state index contributed by atoms with van der Waals surface area (Å²) in [6.45, 7) is 4.72. The van der Waals surface area contributed by atoms with E-state index < -0.39 is 0 Å². The van der Waals surface area contributed by atoms with Crippen molar-refractivity contribution < 1.29 is 0 Å². The molecule has 4 heteroatoms. The zero-order valence-corrected chi connectivity index (χ0v) is 11.5. The van der Waals surface area contributed by atoms with Crippen LogP contribution in [-0.2, 0) is 13.1 Å². The maximum absolute atomic E-state index is 4.49. The molecule has 1 N–H and O–H groups in total. The Labute approximate surface area is 114 Å². The number of rotatable bonds is 6.